The standard InChI is InChI=1S/C24H31N5O/c1-17(30)29-20-5-4-6-21(29)14-18(13-20)16-28-11-9-19(10-12-28)26-24-15-25-22-7-2-3-8-23(22)27-24/h2-3,7-8,13,15,19-21H,4-6,9-12,14,16H2,1H3,(H,26,27). The molecule has 1 amide bonds. The minimum absolute atomic E-state index is 0.240. The van der Waals surface area contributed by atoms with Crippen molar-refractivity contribution in [2.75, 3.05) is 25.0 Å². The minimum Gasteiger partial charge on any atom is -0.366 e. The summed E-state index contributed by atoms with van der Waals surface area (Å²) in [5.74, 6) is 1.11. The lowest BCUT2D eigenvalue weighted by Gasteiger charge is -2.45. The number of nitrogens with one attached hydrogen (secondary N) is 1. The number of carbonyl (C=O) groups excluding carboxylic acids is 1. The summed E-state index contributed by atoms with van der Waals surface area (Å²) >= 11 is 0. The van der Waals surface area contributed by atoms with Crippen molar-refractivity contribution < 1.29 is 4.79 Å². The predicted molar refractivity (Wildman–Crippen MR) is 119 cm³/mol. The summed E-state index contributed by atoms with van der Waals surface area (Å²) < 4.78 is 0. The first kappa shape index (κ1) is 19.5. The Morgan fingerprint density at radius 2 is 1.93 bits per heavy atom. The molecule has 0 radical (unpaired) electrons. The lowest BCUT2D eigenvalue weighted by atomic mass is 9.84. The predicted octanol–water partition coefficient (Wildman–Crippen LogP) is 3.61. The highest BCUT2D eigenvalue weighted by atomic mass is 16.2. The van der Waals surface area contributed by atoms with Crippen molar-refractivity contribution >= 4 is 22.8 Å². The second-order valence-electron chi connectivity index (χ2n) is 9.05. The third-order valence-corrected chi connectivity index (χ3v) is 6.89. The summed E-state index contributed by atoms with van der Waals surface area (Å²) in [6, 6.07) is 9.20. The van der Waals surface area contributed by atoms with Crippen LogP contribution < -0.4 is 5.32 Å². The number of piperidine rings is 2. The van der Waals surface area contributed by atoms with Crippen LogP contribution in [0, 0.1) is 0 Å². The van der Waals surface area contributed by atoms with Crippen LogP contribution in [0.1, 0.15) is 45.4 Å². The molecule has 4 heterocycles. The summed E-state index contributed by atoms with van der Waals surface area (Å²) in [5, 5.41) is 3.59. The van der Waals surface area contributed by atoms with Crippen LogP contribution >= 0.6 is 0 Å². The van der Waals surface area contributed by atoms with E-state index in [1.54, 1.807) is 6.92 Å². The molecular weight excluding hydrogens is 374 g/mol. The fourth-order valence-electron chi connectivity index (χ4n) is 5.48. The molecule has 5 rings (SSSR count). The smallest absolute Gasteiger partial charge is 0.220 e. The highest BCUT2D eigenvalue weighted by Gasteiger charge is 2.35. The molecule has 1 aromatic heterocycles. The van der Waals surface area contributed by atoms with Gasteiger partial charge in [0.05, 0.1) is 23.3 Å². The third-order valence-electron chi connectivity index (χ3n) is 6.89. The maximum Gasteiger partial charge on any atom is 0.220 e. The first-order valence-electron chi connectivity index (χ1n) is 11.3. The molecule has 2 unspecified atom stereocenters. The summed E-state index contributed by atoms with van der Waals surface area (Å²) in [7, 11) is 0. The first-order chi connectivity index (χ1) is 14.7. The van der Waals surface area contributed by atoms with Gasteiger partial charge in [-0.3, -0.25) is 14.7 Å². The number of carbonyl (C=O) groups is 1. The monoisotopic (exact) mass is 405 g/mol. The largest absolute Gasteiger partial charge is 0.366 e. The summed E-state index contributed by atoms with van der Waals surface area (Å²) in [6.07, 6.45) is 11.1. The van der Waals surface area contributed by atoms with Crippen LogP contribution in [0.5, 0.6) is 0 Å². The van der Waals surface area contributed by atoms with Gasteiger partial charge in [0.2, 0.25) is 5.91 Å². The second-order valence-corrected chi connectivity index (χ2v) is 9.05. The molecule has 6 heteroatoms. The Labute approximate surface area is 178 Å². The van der Waals surface area contributed by atoms with Crippen LogP contribution in [0.25, 0.3) is 11.0 Å². The topological polar surface area (TPSA) is 61.4 Å². The Kier molecular flexibility index (Phi) is 5.42. The SMILES string of the molecule is CC(=O)N1C2C=C(CN3CCC(Nc4cnc5ccccc5n4)CC3)CC1CCC2. The molecule has 2 aromatic rings. The Balaban J connectivity index is 1.16. The number of nitrogens with zero attached hydrogens (tertiary/aromatic N) is 4. The number of fused-ring (bicyclic) bond motifs is 3. The number of hydrogen-bond acceptors (Lipinski definition) is 5. The number of benzene rings is 1. The fourth-order valence-corrected chi connectivity index (χ4v) is 5.48. The average molecular weight is 406 g/mol. The van der Waals surface area contributed by atoms with Gasteiger partial charge in [-0.2, -0.15) is 0 Å². The Hall–Kier alpha value is -2.47. The Morgan fingerprint density at radius 1 is 1.13 bits per heavy atom. The molecule has 2 saturated heterocycles. The number of aromatic nitrogens is 2. The van der Waals surface area contributed by atoms with Crippen LogP contribution in [-0.4, -0.2) is 63.4 Å². The van der Waals surface area contributed by atoms with E-state index >= 15 is 0 Å². The van der Waals surface area contributed by atoms with Gasteiger partial charge in [-0.1, -0.05) is 23.8 Å². The van der Waals surface area contributed by atoms with Gasteiger partial charge in [0.15, 0.2) is 0 Å². The van der Waals surface area contributed by atoms with Crippen molar-refractivity contribution in [2.45, 2.75) is 63.6 Å². The number of likely N-dealkylation sites (tertiary alicyclic amines) is 1. The maximum atomic E-state index is 12.0. The molecular formula is C24H31N5O. The van der Waals surface area contributed by atoms with Gasteiger partial charge in [0.1, 0.15) is 5.82 Å². The van der Waals surface area contributed by atoms with Crippen LogP contribution in [0.4, 0.5) is 5.82 Å². The van der Waals surface area contributed by atoms with Gasteiger partial charge in [-0.15, -0.1) is 0 Å². The third kappa shape index (κ3) is 4.06. The van der Waals surface area contributed by atoms with Crippen molar-refractivity contribution in [2.24, 2.45) is 0 Å². The van der Waals surface area contributed by atoms with Crippen LogP contribution in [0.15, 0.2) is 42.1 Å². The number of rotatable bonds is 4. The molecule has 0 aliphatic carbocycles. The molecule has 1 N–H and O–H groups in total. The van der Waals surface area contributed by atoms with Crippen LogP contribution in [0.3, 0.4) is 0 Å². The zero-order chi connectivity index (χ0) is 20.5. The molecule has 3 aliphatic rings. The lowest BCUT2D eigenvalue weighted by Crippen LogP contribution is -2.51. The summed E-state index contributed by atoms with van der Waals surface area (Å²) in [6.45, 7) is 4.98. The van der Waals surface area contributed by atoms with E-state index in [1.807, 2.05) is 30.5 Å². The molecule has 3 aliphatic heterocycles. The summed E-state index contributed by atoms with van der Waals surface area (Å²) in [5.41, 5.74) is 3.41. The van der Waals surface area contributed by atoms with Gasteiger partial charge in [-0.05, 0) is 50.7 Å². The number of hydrogen-bond donors (Lipinski definition) is 1. The van der Waals surface area contributed by atoms with E-state index in [0.717, 1.165) is 68.6 Å². The van der Waals surface area contributed by atoms with E-state index in [9.17, 15) is 4.79 Å². The maximum absolute atomic E-state index is 12.0. The zero-order valence-electron chi connectivity index (χ0n) is 17.8. The fraction of sp³-hybridized carbons (Fsp3) is 0.542. The molecule has 0 spiro atoms. The number of anilines is 1. The van der Waals surface area contributed by atoms with Crippen molar-refractivity contribution in [3.05, 3.63) is 42.1 Å². The number of amides is 1. The number of para-hydroxylation sites is 2. The molecule has 1 aromatic carbocycles. The molecule has 158 valence electrons. The second kappa shape index (κ2) is 8.34. The minimum atomic E-state index is 0.240. The van der Waals surface area contributed by atoms with Crippen LogP contribution in [-0.2, 0) is 4.79 Å². The molecule has 2 bridgehead atoms. The quantitative estimate of drug-likeness (QED) is 0.788. The molecule has 2 fully saturated rings. The molecule has 6 nitrogen and oxygen atoms in total. The van der Waals surface area contributed by atoms with E-state index in [0.29, 0.717) is 18.1 Å². The van der Waals surface area contributed by atoms with Crippen LogP contribution in [0.2, 0.25) is 0 Å². The average Bonchev–Trinajstić information content (AvgIpc) is 2.74. The lowest BCUT2D eigenvalue weighted by molar-refractivity contribution is -0.135. The first-order valence-corrected chi connectivity index (χ1v) is 11.3. The van der Waals surface area contributed by atoms with E-state index in [2.05, 4.69) is 26.2 Å². The van der Waals surface area contributed by atoms with Crippen molar-refractivity contribution in [3.8, 4) is 0 Å². The van der Waals surface area contributed by atoms with Crippen molar-refractivity contribution in [1.29, 1.82) is 0 Å². The van der Waals surface area contributed by atoms with Crippen molar-refractivity contribution in [3.63, 3.8) is 0 Å². The van der Waals surface area contributed by atoms with E-state index < -0.39 is 0 Å². The highest BCUT2D eigenvalue weighted by Crippen LogP contribution is 2.33. The Morgan fingerprint density at radius 3 is 2.70 bits per heavy atom. The molecule has 30 heavy (non-hydrogen) atoms. The van der Waals surface area contributed by atoms with E-state index in [1.165, 1.54) is 12.0 Å². The van der Waals surface area contributed by atoms with E-state index in [-0.39, 0.29) is 5.91 Å². The Bertz CT molecular complexity index is 950. The van der Waals surface area contributed by atoms with Gasteiger partial charge >= 0.3 is 0 Å². The van der Waals surface area contributed by atoms with Gasteiger partial charge in [-0.25, -0.2) is 4.98 Å². The molecule has 0 saturated carbocycles. The summed E-state index contributed by atoms with van der Waals surface area (Å²) in [4.78, 5) is 26.0. The normalized spacial score (nSPS) is 25.2. The zero-order valence-corrected chi connectivity index (χ0v) is 17.8. The highest BCUT2D eigenvalue weighted by molar-refractivity contribution is 5.75. The van der Waals surface area contributed by atoms with Crippen molar-refractivity contribution in [1.82, 2.24) is 19.8 Å². The van der Waals surface area contributed by atoms with Gasteiger partial charge < -0.3 is 10.2 Å². The van der Waals surface area contributed by atoms with E-state index in [4.69, 9.17) is 4.98 Å². The van der Waals surface area contributed by atoms with Gasteiger partial charge in [0, 0.05) is 38.6 Å². The van der Waals surface area contributed by atoms with Gasteiger partial charge in [0.25, 0.3) is 0 Å². The molecule has 2 atom stereocenters.